The van der Waals surface area contributed by atoms with E-state index >= 15 is 0 Å². The van der Waals surface area contributed by atoms with Crippen LogP contribution in [0.1, 0.15) is 85.2 Å². The standard InChI is InChI=1S/C27H34N6O3/c1-27(29,11-14-34)26(36)33-12-9-18(10-13-33)20-7-8-23(22(15-20)19-5-3-2-4-6-19)32-25(35)24-30-17-21(16-28)31-24/h5,7-8,15,17-18,34H,2-4,6,9-14,29H2,1H3,(H,30,31)(H,32,35). The van der Waals surface area contributed by atoms with E-state index in [1.54, 1.807) is 6.92 Å². The summed E-state index contributed by atoms with van der Waals surface area (Å²) in [6.07, 6.45) is 9.74. The maximum absolute atomic E-state index is 12.8. The van der Waals surface area contributed by atoms with Crippen LogP contribution >= 0.6 is 0 Å². The van der Waals surface area contributed by atoms with Crippen LogP contribution in [0.25, 0.3) is 5.57 Å². The molecule has 36 heavy (non-hydrogen) atoms. The summed E-state index contributed by atoms with van der Waals surface area (Å²) in [4.78, 5) is 34.1. The molecule has 1 atom stereocenters. The minimum Gasteiger partial charge on any atom is -0.396 e. The van der Waals surface area contributed by atoms with Crippen molar-refractivity contribution in [1.82, 2.24) is 14.9 Å². The fraction of sp³-hybridized carbons (Fsp3) is 0.481. The minimum absolute atomic E-state index is 0.101. The Morgan fingerprint density at radius 1 is 1.33 bits per heavy atom. The van der Waals surface area contributed by atoms with Crippen LogP contribution in [0, 0.1) is 11.3 Å². The summed E-state index contributed by atoms with van der Waals surface area (Å²) in [5.41, 5.74) is 9.49. The van der Waals surface area contributed by atoms with Gasteiger partial charge in [-0.25, -0.2) is 4.98 Å². The van der Waals surface area contributed by atoms with Gasteiger partial charge in [-0.15, -0.1) is 0 Å². The lowest BCUT2D eigenvalue weighted by molar-refractivity contribution is -0.138. The summed E-state index contributed by atoms with van der Waals surface area (Å²) in [6, 6.07) is 8.12. The molecule has 0 bridgehead atoms. The first-order valence-electron chi connectivity index (χ1n) is 12.6. The van der Waals surface area contributed by atoms with Crippen molar-refractivity contribution in [2.75, 3.05) is 25.0 Å². The number of nitrogens with two attached hydrogens (primary N) is 1. The molecule has 1 saturated heterocycles. The number of aromatic nitrogens is 2. The van der Waals surface area contributed by atoms with Crippen molar-refractivity contribution < 1.29 is 14.7 Å². The molecule has 1 aliphatic carbocycles. The van der Waals surface area contributed by atoms with Gasteiger partial charge in [0.2, 0.25) is 5.91 Å². The number of carbonyl (C=O) groups excluding carboxylic acids is 2. The summed E-state index contributed by atoms with van der Waals surface area (Å²) >= 11 is 0. The van der Waals surface area contributed by atoms with E-state index in [1.807, 2.05) is 23.1 Å². The average Bonchev–Trinajstić information content (AvgIpc) is 3.39. The summed E-state index contributed by atoms with van der Waals surface area (Å²) < 4.78 is 0. The van der Waals surface area contributed by atoms with Gasteiger partial charge in [0.15, 0.2) is 5.82 Å². The van der Waals surface area contributed by atoms with Gasteiger partial charge in [0.05, 0.1) is 11.7 Å². The van der Waals surface area contributed by atoms with Crippen LogP contribution in [0.3, 0.4) is 0 Å². The van der Waals surface area contributed by atoms with Crippen LogP contribution < -0.4 is 11.1 Å². The quantitative estimate of drug-likeness (QED) is 0.468. The normalized spacial score (nSPS) is 18.2. The first-order chi connectivity index (χ1) is 17.3. The van der Waals surface area contributed by atoms with Gasteiger partial charge in [0.1, 0.15) is 11.8 Å². The summed E-state index contributed by atoms with van der Waals surface area (Å²) in [7, 11) is 0. The third-order valence-corrected chi connectivity index (χ3v) is 7.21. The molecule has 0 radical (unpaired) electrons. The molecule has 0 spiro atoms. The second-order valence-corrected chi connectivity index (χ2v) is 9.95. The Hall–Kier alpha value is -3.48. The van der Waals surface area contributed by atoms with Crippen LogP contribution in [0.5, 0.6) is 0 Å². The van der Waals surface area contributed by atoms with Crippen LogP contribution in [0.15, 0.2) is 30.5 Å². The van der Waals surface area contributed by atoms with Crippen molar-refractivity contribution in [2.45, 2.75) is 63.3 Å². The van der Waals surface area contributed by atoms with E-state index in [9.17, 15) is 14.7 Å². The van der Waals surface area contributed by atoms with Gasteiger partial charge in [-0.3, -0.25) is 9.59 Å². The zero-order chi connectivity index (χ0) is 25.7. The zero-order valence-corrected chi connectivity index (χ0v) is 20.7. The molecule has 1 unspecified atom stereocenters. The second kappa shape index (κ2) is 11.1. The fourth-order valence-corrected chi connectivity index (χ4v) is 5.06. The van der Waals surface area contributed by atoms with Crippen molar-refractivity contribution in [3.8, 4) is 6.07 Å². The third kappa shape index (κ3) is 5.66. The summed E-state index contributed by atoms with van der Waals surface area (Å²) in [5, 5.41) is 21.2. The number of nitrogens with zero attached hydrogens (tertiary/aromatic N) is 3. The third-order valence-electron chi connectivity index (χ3n) is 7.21. The van der Waals surface area contributed by atoms with Crippen LogP contribution in [-0.2, 0) is 4.79 Å². The first kappa shape index (κ1) is 25.6. The molecular weight excluding hydrogens is 456 g/mol. The minimum atomic E-state index is -1.05. The lowest BCUT2D eigenvalue weighted by Gasteiger charge is -2.37. The van der Waals surface area contributed by atoms with Gasteiger partial charge >= 0.3 is 0 Å². The number of aliphatic hydroxyl groups is 1. The number of aromatic amines is 1. The van der Waals surface area contributed by atoms with E-state index in [0.29, 0.717) is 19.0 Å². The number of carbonyl (C=O) groups is 2. The largest absolute Gasteiger partial charge is 0.396 e. The number of anilines is 1. The van der Waals surface area contributed by atoms with Gasteiger partial charge in [0.25, 0.3) is 5.91 Å². The highest BCUT2D eigenvalue weighted by Crippen LogP contribution is 2.36. The number of benzene rings is 1. The van der Waals surface area contributed by atoms with Crippen molar-refractivity contribution in [1.29, 1.82) is 5.26 Å². The predicted octanol–water partition coefficient (Wildman–Crippen LogP) is 3.30. The highest BCUT2D eigenvalue weighted by molar-refractivity contribution is 6.03. The molecule has 2 aromatic rings. The van der Waals surface area contributed by atoms with E-state index < -0.39 is 5.54 Å². The van der Waals surface area contributed by atoms with E-state index in [1.165, 1.54) is 17.3 Å². The molecule has 9 heteroatoms. The Kier molecular flexibility index (Phi) is 7.87. The van der Waals surface area contributed by atoms with Crippen molar-refractivity contribution in [3.05, 3.63) is 53.1 Å². The molecule has 4 rings (SSSR count). The summed E-state index contributed by atoms with van der Waals surface area (Å²) in [6.45, 7) is 2.81. The highest BCUT2D eigenvalue weighted by atomic mass is 16.3. The average molecular weight is 491 g/mol. The van der Waals surface area contributed by atoms with Crippen molar-refractivity contribution >= 4 is 23.1 Å². The zero-order valence-electron chi connectivity index (χ0n) is 20.7. The summed E-state index contributed by atoms with van der Waals surface area (Å²) in [5.74, 6) is -0.101. The number of nitriles is 1. The Morgan fingerprint density at radius 3 is 2.75 bits per heavy atom. The first-order valence-corrected chi connectivity index (χ1v) is 12.6. The van der Waals surface area contributed by atoms with Gasteiger partial charge in [-0.05, 0) is 81.1 Å². The van der Waals surface area contributed by atoms with Gasteiger partial charge in [-0.1, -0.05) is 12.1 Å². The van der Waals surface area contributed by atoms with Gasteiger partial charge in [-0.2, -0.15) is 5.26 Å². The molecule has 1 aromatic heterocycles. The van der Waals surface area contributed by atoms with E-state index in [-0.39, 0.29) is 36.4 Å². The Morgan fingerprint density at radius 2 is 2.11 bits per heavy atom. The van der Waals surface area contributed by atoms with Crippen LogP contribution in [0.2, 0.25) is 0 Å². The fourth-order valence-electron chi connectivity index (χ4n) is 5.06. The molecule has 1 aromatic carbocycles. The number of allylic oxidation sites excluding steroid dienone is 2. The number of hydrogen-bond donors (Lipinski definition) is 4. The number of hydrogen-bond acceptors (Lipinski definition) is 6. The monoisotopic (exact) mass is 490 g/mol. The number of aliphatic hydroxyl groups excluding tert-OH is 1. The number of nitrogens with one attached hydrogen (secondary N) is 2. The molecule has 1 aliphatic heterocycles. The smallest absolute Gasteiger partial charge is 0.291 e. The van der Waals surface area contributed by atoms with E-state index in [2.05, 4.69) is 27.4 Å². The lowest BCUT2D eigenvalue weighted by Crippen LogP contribution is -2.55. The van der Waals surface area contributed by atoms with Gasteiger partial charge in [0, 0.05) is 30.9 Å². The maximum Gasteiger partial charge on any atom is 0.291 e. The van der Waals surface area contributed by atoms with E-state index in [0.717, 1.165) is 49.8 Å². The number of amides is 2. The van der Waals surface area contributed by atoms with E-state index in [4.69, 9.17) is 11.0 Å². The second-order valence-electron chi connectivity index (χ2n) is 9.95. The molecule has 1 fully saturated rings. The topological polar surface area (TPSA) is 148 Å². The highest BCUT2D eigenvalue weighted by Gasteiger charge is 2.34. The molecule has 2 aliphatic rings. The molecule has 5 N–H and O–H groups in total. The molecule has 0 saturated carbocycles. The molecular formula is C27H34N6O3. The number of piperidine rings is 1. The SMILES string of the molecule is CC(N)(CCO)C(=O)N1CCC(c2ccc(NC(=O)c3ncc(C#N)[nH]3)c(C3=CCCCC3)c2)CC1. The van der Waals surface area contributed by atoms with Crippen molar-refractivity contribution in [2.24, 2.45) is 5.73 Å². The Balaban J connectivity index is 1.52. The molecule has 2 heterocycles. The predicted molar refractivity (Wildman–Crippen MR) is 137 cm³/mol. The maximum atomic E-state index is 12.8. The van der Waals surface area contributed by atoms with Crippen LogP contribution in [-0.4, -0.2) is 57.0 Å². The molecule has 9 nitrogen and oxygen atoms in total. The Bertz CT molecular complexity index is 1180. The molecule has 2 amide bonds. The van der Waals surface area contributed by atoms with Crippen LogP contribution in [0.4, 0.5) is 5.69 Å². The molecule has 190 valence electrons. The number of H-pyrrole nitrogens is 1. The Labute approximate surface area is 211 Å². The van der Waals surface area contributed by atoms with Crippen molar-refractivity contribution in [3.63, 3.8) is 0 Å². The van der Waals surface area contributed by atoms with Gasteiger partial charge < -0.3 is 26.0 Å². The number of imidazole rings is 1. The number of rotatable bonds is 7. The number of likely N-dealkylation sites (tertiary alicyclic amines) is 1. The lowest BCUT2D eigenvalue weighted by atomic mass is 9.85.